The lowest BCUT2D eigenvalue weighted by molar-refractivity contribution is 0.406. The molecule has 0 aliphatic heterocycles. The van der Waals surface area contributed by atoms with Gasteiger partial charge < -0.3 is 5.73 Å². The van der Waals surface area contributed by atoms with Crippen LogP contribution in [0.3, 0.4) is 0 Å². The minimum atomic E-state index is -0.258. The molecule has 0 radical (unpaired) electrons. The highest BCUT2D eigenvalue weighted by atomic mass is 19.1. The fraction of sp³-hybridized carbons (Fsp3) is 0.438. The first kappa shape index (κ1) is 13.2. The minimum Gasteiger partial charge on any atom is -0.396 e. The smallest absolute Gasteiger partial charge is 0.123 e. The van der Waals surface area contributed by atoms with Crippen molar-refractivity contribution in [1.82, 2.24) is 9.78 Å². The van der Waals surface area contributed by atoms with Gasteiger partial charge in [0.2, 0.25) is 0 Å². The molecular weight excluding hydrogens is 253 g/mol. The molecule has 1 heterocycles. The third-order valence-electron chi connectivity index (χ3n) is 4.06. The number of nitrogens with two attached hydrogens (primary N) is 1. The second kappa shape index (κ2) is 5.65. The van der Waals surface area contributed by atoms with Crippen LogP contribution in [0.5, 0.6) is 0 Å². The van der Waals surface area contributed by atoms with Gasteiger partial charge in [-0.3, -0.25) is 4.68 Å². The van der Waals surface area contributed by atoms with Crippen LogP contribution < -0.4 is 5.73 Å². The topological polar surface area (TPSA) is 43.8 Å². The number of aromatic nitrogens is 2. The molecule has 0 spiro atoms. The largest absolute Gasteiger partial charge is 0.396 e. The van der Waals surface area contributed by atoms with Gasteiger partial charge in [0.15, 0.2) is 0 Å². The summed E-state index contributed by atoms with van der Waals surface area (Å²) in [5.74, 6) is -0.258. The molecule has 2 aromatic rings. The Morgan fingerprint density at radius 3 is 2.60 bits per heavy atom. The second-order valence-electron chi connectivity index (χ2n) is 5.57. The van der Waals surface area contributed by atoms with Crippen LogP contribution in [-0.4, -0.2) is 9.78 Å². The van der Waals surface area contributed by atoms with E-state index in [1.54, 1.807) is 6.07 Å². The average Bonchev–Trinajstić information content (AvgIpc) is 2.65. The molecule has 0 bridgehead atoms. The van der Waals surface area contributed by atoms with Gasteiger partial charge in [0.1, 0.15) is 11.5 Å². The van der Waals surface area contributed by atoms with Gasteiger partial charge in [0.05, 0.1) is 11.7 Å². The number of hydrogen-bond donors (Lipinski definition) is 1. The summed E-state index contributed by atoms with van der Waals surface area (Å²) in [5, 5.41) is 4.61. The molecule has 1 fully saturated rings. The Labute approximate surface area is 118 Å². The van der Waals surface area contributed by atoms with Gasteiger partial charge in [0, 0.05) is 11.8 Å². The summed E-state index contributed by atoms with van der Waals surface area (Å²) in [4.78, 5) is 0. The molecule has 3 nitrogen and oxygen atoms in total. The number of halogens is 1. The van der Waals surface area contributed by atoms with E-state index in [0.29, 0.717) is 17.4 Å². The highest BCUT2D eigenvalue weighted by Crippen LogP contribution is 2.31. The summed E-state index contributed by atoms with van der Waals surface area (Å²) >= 11 is 0. The van der Waals surface area contributed by atoms with E-state index in [1.807, 2.05) is 16.9 Å². The van der Waals surface area contributed by atoms with Crippen LogP contribution in [0.2, 0.25) is 0 Å². The van der Waals surface area contributed by atoms with Crippen molar-refractivity contribution in [3.05, 3.63) is 36.3 Å². The van der Waals surface area contributed by atoms with Crippen molar-refractivity contribution in [3.8, 4) is 11.3 Å². The van der Waals surface area contributed by atoms with Crippen LogP contribution in [0, 0.1) is 5.82 Å². The second-order valence-corrected chi connectivity index (χ2v) is 5.57. The van der Waals surface area contributed by atoms with Gasteiger partial charge in [-0.2, -0.15) is 5.10 Å². The third kappa shape index (κ3) is 2.69. The predicted octanol–water partition coefficient (Wildman–Crippen LogP) is 4.17. The van der Waals surface area contributed by atoms with Crippen molar-refractivity contribution in [2.75, 3.05) is 5.73 Å². The van der Waals surface area contributed by atoms with Crippen molar-refractivity contribution in [1.29, 1.82) is 0 Å². The number of rotatable bonds is 2. The molecule has 0 atom stereocenters. The minimum absolute atomic E-state index is 0.258. The SMILES string of the molecule is Nc1cn(C2CCCCCC2)nc1-c1cccc(F)c1. The Morgan fingerprint density at radius 2 is 1.90 bits per heavy atom. The molecule has 1 aliphatic rings. The fourth-order valence-electron chi connectivity index (χ4n) is 2.98. The number of hydrogen-bond acceptors (Lipinski definition) is 2. The van der Waals surface area contributed by atoms with Gasteiger partial charge in [-0.15, -0.1) is 0 Å². The van der Waals surface area contributed by atoms with E-state index >= 15 is 0 Å². The zero-order valence-corrected chi connectivity index (χ0v) is 11.6. The summed E-state index contributed by atoms with van der Waals surface area (Å²) < 4.78 is 15.3. The first-order valence-electron chi connectivity index (χ1n) is 7.34. The van der Waals surface area contributed by atoms with Crippen LogP contribution >= 0.6 is 0 Å². The molecular formula is C16H20FN3. The van der Waals surface area contributed by atoms with Gasteiger partial charge in [0.25, 0.3) is 0 Å². The summed E-state index contributed by atoms with van der Waals surface area (Å²) in [6.45, 7) is 0. The van der Waals surface area contributed by atoms with E-state index in [1.165, 1.54) is 37.8 Å². The zero-order chi connectivity index (χ0) is 13.9. The lowest BCUT2D eigenvalue weighted by atomic mass is 10.1. The molecule has 1 aromatic carbocycles. The molecule has 0 amide bonds. The number of nitrogens with zero attached hydrogens (tertiary/aromatic N) is 2. The van der Waals surface area contributed by atoms with Crippen molar-refractivity contribution >= 4 is 5.69 Å². The normalized spacial score (nSPS) is 17.1. The maximum Gasteiger partial charge on any atom is 0.123 e. The van der Waals surface area contributed by atoms with Crippen molar-refractivity contribution in [3.63, 3.8) is 0 Å². The summed E-state index contributed by atoms with van der Waals surface area (Å²) in [6.07, 6.45) is 9.33. The molecule has 1 aromatic heterocycles. The van der Waals surface area contributed by atoms with Gasteiger partial charge in [-0.25, -0.2) is 4.39 Å². The Balaban J connectivity index is 1.90. The van der Waals surface area contributed by atoms with Crippen molar-refractivity contribution < 1.29 is 4.39 Å². The highest BCUT2D eigenvalue weighted by molar-refractivity contribution is 5.71. The maximum absolute atomic E-state index is 13.3. The monoisotopic (exact) mass is 273 g/mol. The summed E-state index contributed by atoms with van der Waals surface area (Å²) in [5.41, 5.74) is 8.12. The fourth-order valence-corrected chi connectivity index (χ4v) is 2.98. The summed E-state index contributed by atoms with van der Waals surface area (Å²) in [6, 6.07) is 6.88. The first-order chi connectivity index (χ1) is 9.74. The standard InChI is InChI=1S/C16H20FN3/c17-13-7-5-6-12(10-13)16-15(18)11-20(19-16)14-8-3-1-2-4-9-14/h5-7,10-11,14H,1-4,8-9,18H2. The predicted molar refractivity (Wildman–Crippen MR) is 78.8 cm³/mol. The van der Waals surface area contributed by atoms with Gasteiger partial charge in [-0.05, 0) is 25.0 Å². The van der Waals surface area contributed by atoms with E-state index in [-0.39, 0.29) is 5.82 Å². The van der Waals surface area contributed by atoms with E-state index in [9.17, 15) is 4.39 Å². The molecule has 20 heavy (non-hydrogen) atoms. The highest BCUT2D eigenvalue weighted by Gasteiger charge is 2.17. The number of nitrogen functional groups attached to an aromatic ring is 1. The molecule has 0 unspecified atom stereocenters. The van der Waals surface area contributed by atoms with Crippen LogP contribution in [0.4, 0.5) is 10.1 Å². The average molecular weight is 273 g/mol. The molecule has 1 saturated carbocycles. The van der Waals surface area contributed by atoms with Crippen LogP contribution in [0.1, 0.15) is 44.6 Å². The van der Waals surface area contributed by atoms with Gasteiger partial charge >= 0.3 is 0 Å². The Morgan fingerprint density at radius 1 is 1.15 bits per heavy atom. The van der Waals surface area contributed by atoms with E-state index in [4.69, 9.17) is 5.73 Å². The lowest BCUT2D eigenvalue weighted by Crippen LogP contribution is -2.08. The van der Waals surface area contributed by atoms with Crippen molar-refractivity contribution in [2.45, 2.75) is 44.6 Å². The number of anilines is 1. The first-order valence-corrected chi connectivity index (χ1v) is 7.34. The molecule has 3 rings (SSSR count). The van der Waals surface area contributed by atoms with E-state index in [2.05, 4.69) is 5.10 Å². The van der Waals surface area contributed by atoms with E-state index in [0.717, 1.165) is 18.4 Å². The maximum atomic E-state index is 13.3. The Hall–Kier alpha value is -1.84. The molecule has 1 aliphatic carbocycles. The van der Waals surface area contributed by atoms with E-state index < -0.39 is 0 Å². The Bertz CT molecular complexity index is 583. The molecule has 4 heteroatoms. The molecule has 106 valence electrons. The van der Waals surface area contributed by atoms with Gasteiger partial charge in [-0.1, -0.05) is 37.8 Å². The molecule has 2 N–H and O–H groups in total. The molecule has 0 saturated heterocycles. The lowest BCUT2D eigenvalue weighted by Gasteiger charge is -2.14. The zero-order valence-electron chi connectivity index (χ0n) is 11.6. The van der Waals surface area contributed by atoms with Crippen LogP contribution in [0.25, 0.3) is 11.3 Å². The van der Waals surface area contributed by atoms with Crippen LogP contribution in [-0.2, 0) is 0 Å². The third-order valence-corrected chi connectivity index (χ3v) is 4.06. The Kier molecular flexibility index (Phi) is 3.72. The summed E-state index contributed by atoms with van der Waals surface area (Å²) in [7, 11) is 0. The van der Waals surface area contributed by atoms with Crippen molar-refractivity contribution in [2.24, 2.45) is 0 Å². The number of benzene rings is 1. The van der Waals surface area contributed by atoms with Crippen LogP contribution in [0.15, 0.2) is 30.5 Å². The quantitative estimate of drug-likeness (QED) is 0.835.